The first kappa shape index (κ1) is 21.6. The first-order valence-corrected chi connectivity index (χ1v) is 10.4. The van der Waals surface area contributed by atoms with Crippen LogP contribution in [-0.2, 0) is 4.79 Å². The Morgan fingerprint density at radius 3 is 2.62 bits per heavy atom. The van der Waals surface area contributed by atoms with E-state index < -0.39 is 16.4 Å². The molecule has 0 aliphatic carbocycles. The third-order valence-corrected chi connectivity index (χ3v) is 5.57. The number of halogens is 2. The van der Waals surface area contributed by atoms with Gasteiger partial charge in [-0.3, -0.25) is 14.9 Å². The van der Waals surface area contributed by atoms with Crippen LogP contribution in [-0.4, -0.2) is 34.1 Å². The Labute approximate surface area is 188 Å². The van der Waals surface area contributed by atoms with Gasteiger partial charge >= 0.3 is 5.69 Å². The SMILES string of the molecule is O=C(Nc1ccc(F)c([N+](=O)[O-])c1)C1CCCN(c2ccc(-c3ccc(Cl)cc3)nn2)C1. The molecule has 1 N–H and O–H groups in total. The van der Waals surface area contributed by atoms with Crippen LogP contribution < -0.4 is 10.2 Å². The van der Waals surface area contributed by atoms with Gasteiger partial charge in [0.2, 0.25) is 11.7 Å². The number of carbonyl (C=O) groups is 1. The van der Waals surface area contributed by atoms with Gasteiger partial charge < -0.3 is 10.2 Å². The summed E-state index contributed by atoms with van der Waals surface area (Å²) in [5.74, 6) is -0.901. The Morgan fingerprint density at radius 1 is 1.16 bits per heavy atom. The zero-order valence-corrected chi connectivity index (χ0v) is 17.6. The molecule has 1 saturated heterocycles. The maximum Gasteiger partial charge on any atom is 0.306 e. The standard InChI is InChI=1S/C22H19ClFN5O3/c23-16-5-3-14(4-6-16)19-9-10-21(27-26-19)28-11-1-2-15(13-28)22(30)25-17-7-8-18(24)20(12-17)29(31)32/h3-10,12,15H,1-2,11,13H2,(H,25,30). The molecule has 0 bridgehead atoms. The van der Waals surface area contributed by atoms with Gasteiger partial charge in [0.15, 0.2) is 5.82 Å². The van der Waals surface area contributed by atoms with Crippen molar-refractivity contribution in [1.82, 2.24) is 10.2 Å². The summed E-state index contributed by atoms with van der Waals surface area (Å²) in [7, 11) is 0. The van der Waals surface area contributed by atoms with Gasteiger partial charge in [-0.05, 0) is 49.2 Å². The molecule has 4 rings (SSSR count). The molecular formula is C22H19ClFN5O3. The number of amides is 1. The molecule has 1 fully saturated rings. The largest absolute Gasteiger partial charge is 0.354 e. The second kappa shape index (κ2) is 9.27. The van der Waals surface area contributed by atoms with Gasteiger partial charge in [-0.15, -0.1) is 10.2 Å². The third-order valence-electron chi connectivity index (χ3n) is 5.32. The van der Waals surface area contributed by atoms with Gasteiger partial charge in [0.25, 0.3) is 0 Å². The number of hydrogen-bond acceptors (Lipinski definition) is 6. The molecule has 1 aliphatic heterocycles. The number of nitrogens with one attached hydrogen (secondary N) is 1. The van der Waals surface area contributed by atoms with E-state index in [9.17, 15) is 19.3 Å². The lowest BCUT2D eigenvalue weighted by Crippen LogP contribution is -2.41. The summed E-state index contributed by atoms with van der Waals surface area (Å²) in [6.45, 7) is 1.17. The minimum atomic E-state index is -0.947. The van der Waals surface area contributed by atoms with Crippen LogP contribution in [0.25, 0.3) is 11.3 Å². The summed E-state index contributed by atoms with van der Waals surface area (Å²) < 4.78 is 13.5. The molecule has 0 spiro atoms. The summed E-state index contributed by atoms with van der Waals surface area (Å²) in [5.41, 5.74) is 1.13. The van der Waals surface area contributed by atoms with Gasteiger partial charge in [-0.2, -0.15) is 4.39 Å². The summed E-state index contributed by atoms with van der Waals surface area (Å²) in [6.07, 6.45) is 1.45. The highest BCUT2D eigenvalue weighted by Crippen LogP contribution is 2.26. The number of hydrogen-bond donors (Lipinski definition) is 1. The number of aromatic nitrogens is 2. The molecule has 0 radical (unpaired) electrons. The van der Waals surface area contributed by atoms with Crippen LogP contribution >= 0.6 is 11.6 Å². The first-order valence-electron chi connectivity index (χ1n) is 10.00. The van der Waals surface area contributed by atoms with Crippen molar-refractivity contribution in [2.24, 2.45) is 5.92 Å². The molecule has 0 saturated carbocycles. The molecular weight excluding hydrogens is 437 g/mol. The van der Waals surface area contributed by atoms with Crippen molar-refractivity contribution in [2.75, 3.05) is 23.3 Å². The monoisotopic (exact) mass is 455 g/mol. The van der Waals surface area contributed by atoms with Crippen LogP contribution in [0, 0.1) is 21.8 Å². The number of benzene rings is 2. The predicted octanol–water partition coefficient (Wildman–Crippen LogP) is 4.70. The van der Waals surface area contributed by atoms with E-state index >= 15 is 0 Å². The average molecular weight is 456 g/mol. The fourth-order valence-electron chi connectivity index (χ4n) is 3.64. The fraction of sp³-hybridized carbons (Fsp3) is 0.227. The third kappa shape index (κ3) is 4.83. The molecule has 32 heavy (non-hydrogen) atoms. The van der Waals surface area contributed by atoms with Crippen LogP contribution in [0.1, 0.15) is 12.8 Å². The van der Waals surface area contributed by atoms with Gasteiger partial charge in [-0.1, -0.05) is 23.7 Å². The van der Waals surface area contributed by atoms with E-state index in [1.807, 2.05) is 29.2 Å². The molecule has 10 heteroatoms. The van der Waals surface area contributed by atoms with Gasteiger partial charge in [0.05, 0.1) is 16.5 Å². The van der Waals surface area contributed by atoms with E-state index in [1.165, 1.54) is 6.07 Å². The Hall–Kier alpha value is -3.59. The first-order chi connectivity index (χ1) is 15.4. The van der Waals surface area contributed by atoms with Crippen molar-refractivity contribution >= 4 is 34.7 Å². The van der Waals surface area contributed by atoms with Crippen molar-refractivity contribution in [3.63, 3.8) is 0 Å². The normalized spacial score (nSPS) is 15.9. The van der Waals surface area contributed by atoms with Gasteiger partial charge in [-0.25, -0.2) is 0 Å². The van der Waals surface area contributed by atoms with E-state index in [0.717, 1.165) is 36.4 Å². The van der Waals surface area contributed by atoms with Crippen LogP contribution in [0.3, 0.4) is 0 Å². The number of piperidine rings is 1. The number of anilines is 2. The minimum Gasteiger partial charge on any atom is -0.354 e. The van der Waals surface area contributed by atoms with Crippen molar-refractivity contribution < 1.29 is 14.1 Å². The highest BCUT2D eigenvalue weighted by molar-refractivity contribution is 6.30. The van der Waals surface area contributed by atoms with Crippen LogP contribution in [0.5, 0.6) is 0 Å². The number of carbonyl (C=O) groups excluding carboxylic acids is 1. The van der Waals surface area contributed by atoms with Crippen LogP contribution in [0.4, 0.5) is 21.6 Å². The highest BCUT2D eigenvalue weighted by atomic mass is 35.5. The number of nitrogens with zero attached hydrogens (tertiary/aromatic N) is 4. The summed E-state index contributed by atoms with van der Waals surface area (Å²) in [6, 6.07) is 14.3. The Balaban J connectivity index is 1.43. The number of nitro groups is 1. The van der Waals surface area contributed by atoms with Crippen molar-refractivity contribution in [1.29, 1.82) is 0 Å². The molecule has 8 nitrogen and oxygen atoms in total. The highest BCUT2D eigenvalue weighted by Gasteiger charge is 2.27. The van der Waals surface area contributed by atoms with Crippen molar-refractivity contribution in [2.45, 2.75) is 12.8 Å². The second-order valence-corrected chi connectivity index (χ2v) is 7.92. The molecule has 1 aliphatic rings. The van der Waals surface area contributed by atoms with E-state index in [0.29, 0.717) is 23.8 Å². The Kier molecular flexibility index (Phi) is 6.27. The summed E-state index contributed by atoms with van der Waals surface area (Å²) in [4.78, 5) is 24.8. The zero-order valence-electron chi connectivity index (χ0n) is 16.9. The predicted molar refractivity (Wildman–Crippen MR) is 119 cm³/mol. The summed E-state index contributed by atoms with van der Waals surface area (Å²) in [5, 5.41) is 22.8. The Bertz CT molecular complexity index is 1140. The Morgan fingerprint density at radius 2 is 1.94 bits per heavy atom. The fourth-order valence-corrected chi connectivity index (χ4v) is 3.77. The number of rotatable bonds is 5. The lowest BCUT2D eigenvalue weighted by atomic mass is 9.97. The lowest BCUT2D eigenvalue weighted by Gasteiger charge is -2.32. The van der Waals surface area contributed by atoms with Crippen LogP contribution in [0.15, 0.2) is 54.6 Å². The molecule has 1 unspecified atom stereocenters. The zero-order chi connectivity index (χ0) is 22.7. The average Bonchev–Trinajstić information content (AvgIpc) is 2.81. The molecule has 2 aromatic carbocycles. The van der Waals surface area contributed by atoms with E-state index in [-0.39, 0.29) is 17.5 Å². The maximum absolute atomic E-state index is 13.5. The van der Waals surface area contributed by atoms with Crippen molar-refractivity contribution in [3.8, 4) is 11.3 Å². The number of nitro benzene ring substituents is 1. The minimum absolute atomic E-state index is 0.187. The molecule has 3 aromatic rings. The smallest absolute Gasteiger partial charge is 0.306 e. The quantitative estimate of drug-likeness (QED) is 0.442. The van der Waals surface area contributed by atoms with E-state index in [1.54, 1.807) is 12.1 Å². The lowest BCUT2D eigenvalue weighted by molar-refractivity contribution is -0.387. The van der Waals surface area contributed by atoms with Crippen LogP contribution in [0.2, 0.25) is 5.02 Å². The topological polar surface area (TPSA) is 101 Å². The van der Waals surface area contributed by atoms with E-state index in [4.69, 9.17) is 11.6 Å². The van der Waals surface area contributed by atoms with E-state index in [2.05, 4.69) is 15.5 Å². The molecule has 1 aromatic heterocycles. The van der Waals surface area contributed by atoms with Crippen molar-refractivity contribution in [3.05, 3.63) is 75.6 Å². The van der Waals surface area contributed by atoms with Gasteiger partial charge in [0.1, 0.15) is 0 Å². The summed E-state index contributed by atoms with van der Waals surface area (Å²) >= 11 is 5.92. The molecule has 1 amide bonds. The molecule has 164 valence electrons. The molecule has 2 heterocycles. The molecule has 1 atom stereocenters. The second-order valence-electron chi connectivity index (χ2n) is 7.48. The van der Waals surface area contributed by atoms with Gasteiger partial charge in [0, 0.05) is 35.4 Å². The maximum atomic E-state index is 13.5.